The first kappa shape index (κ1) is 14.9. The Hall–Kier alpha value is -2.55. The van der Waals surface area contributed by atoms with Gasteiger partial charge in [0.05, 0.1) is 11.9 Å². The first-order valence-electron chi connectivity index (χ1n) is 5.84. The largest absolute Gasteiger partial charge is 0.482 e. The lowest BCUT2D eigenvalue weighted by molar-refractivity contribution is -0.139. The van der Waals surface area contributed by atoms with Crippen molar-refractivity contribution < 1.29 is 23.1 Å². The van der Waals surface area contributed by atoms with Gasteiger partial charge in [-0.15, -0.1) is 0 Å². The predicted molar refractivity (Wildman–Crippen MR) is 73.6 cm³/mol. The average Bonchev–Trinajstić information content (AvgIpc) is 2.83. The molecule has 0 fully saturated rings. The molecule has 0 unspecified atom stereocenters. The molecule has 8 nitrogen and oxygen atoms in total. The molecule has 112 valence electrons. The summed E-state index contributed by atoms with van der Waals surface area (Å²) in [6.07, 6.45) is 1.38. The third-order valence-corrected chi connectivity index (χ3v) is 3.96. The molecule has 0 radical (unpaired) electrons. The standard InChI is InChI=1S/C12H13N3O5S/c1-15-11(5-6-13-15)21(18,19)14-9-3-2-4-10(7-9)20-8-12(16)17/h2-7,14H,8H2,1H3,(H,16,17). The van der Waals surface area contributed by atoms with E-state index in [4.69, 9.17) is 9.84 Å². The Morgan fingerprint density at radius 2 is 2.19 bits per heavy atom. The highest BCUT2D eigenvalue weighted by molar-refractivity contribution is 7.92. The van der Waals surface area contributed by atoms with Crippen LogP contribution in [0, 0.1) is 0 Å². The highest BCUT2D eigenvalue weighted by atomic mass is 32.2. The van der Waals surface area contributed by atoms with Gasteiger partial charge in [0.15, 0.2) is 11.6 Å². The summed E-state index contributed by atoms with van der Waals surface area (Å²) >= 11 is 0. The molecule has 1 aromatic carbocycles. The topological polar surface area (TPSA) is 111 Å². The van der Waals surface area contributed by atoms with Crippen LogP contribution in [0.15, 0.2) is 41.6 Å². The molecule has 9 heteroatoms. The van der Waals surface area contributed by atoms with Crippen LogP contribution in [0.5, 0.6) is 5.75 Å². The first-order valence-corrected chi connectivity index (χ1v) is 7.32. The number of nitrogens with one attached hydrogen (secondary N) is 1. The van der Waals surface area contributed by atoms with E-state index in [1.165, 1.54) is 42.2 Å². The lowest BCUT2D eigenvalue weighted by Gasteiger charge is -2.09. The summed E-state index contributed by atoms with van der Waals surface area (Å²) in [6.45, 7) is -0.502. The maximum Gasteiger partial charge on any atom is 0.341 e. The van der Waals surface area contributed by atoms with Crippen LogP contribution in [-0.4, -0.2) is 35.9 Å². The van der Waals surface area contributed by atoms with Crippen LogP contribution >= 0.6 is 0 Å². The SMILES string of the molecule is Cn1nccc1S(=O)(=O)Nc1cccc(OCC(=O)O)c1. The highest BCUT2D eigenvalue weighted by Crippen LogP contribution is 2.20. The van der Waals surface area contributed by atoms with E-state index >= 15 is 0 Å². The number of sulfonamides is 1. The molecule has 0 amide bonds. The predicted octanol–water partition coefficient (Wildman–Crippen LogP) is 0.684. The second kappa shape index (κ2) is 5.83. The number of aliphatic carboxylic acids is 1. The summed E-state index contributed by atoms with van der Waals surface area (Å²) < 4.78 is 32.9. The Labute approximate surface area is 121 Å². The van der Waals surface area contributed by atoms with Gasteiger partial charge in [0.2, 0.25) is 0 Å². The minimum Gasteiger partial charge on any atom is -0.482 e. The zero-order valence-corrected chi connectivity index (χ0v) is 11.9. The summed E-state index contributed by atoms with van der Waals surface area (Å²) in [7, 11) is -2.26. The molecule has 1 aromatic heterocycles. The fraction of sp³-hybridized carbons (Fsp3) is 0.167. The van der Waals surface area contributed by atoms with Crippen LogP contribution in [0.3, 0.4) is 0 Å². The van der Waals surface area contributed by atoms with Crippen molar-refractivity contribution in [3.05, 3.63) is 36.5 Å². The lowest BCUT2D eigenvalue weighted by Crippen LogP contribution is -2.16. The number of carboxylic acid groups (broad SMARTS) is 1. The number of carboxylic acids is 1. The van der Waals surface area contributed by atoms with Gasteiger partial charge in [-0.3, -0.25) is 9.40 Å². The molecule has 0 bridgehead atoms. The molecule has 2 rings (SSSR count). The Bertz CT molecular complexity index is 754. The number of rotatable bonds is 6. The molecule has 1 heterocycles. The van der Waals surface area contributed by atoms with Crippen molar-refractivity contribution >= 4 is 21.7 Å². The van der Waals surface area contributed by atoms with E-state index < -0.39 is 22.6 Å². The van der Waals surface area contributed by atoms with Crippen molar-refractivity contribution in [2.24, 2.45) is 7.05 Å². The molecule has 2 aromatic rings. The molecule has 0 aliphatic heterocycles. The number of hydrogen-bond donors (Lipinski definition) is 2. The Kier molecular flexibility index (Phi) is 4.13. The van der Waals surface area contributed by atoms with Gasteiger partial charge >= 0.3 is 5.97 Å². The molecule has 0 saturated carbocycles. The third-order valence-electron chi connectivity index (χ3n) is 2.50. The maximum atomic E-state index is 12.2. The van der Waals surface area contributed by atoms with Gasteiger partial charge in [-0.25, -0.2) is 4.79 Å². The summed E-state index contributed by atoms with van der Waals surface area (Å²) in [5, 5.41) is 12.4. The van der Waals surface area contributed by atoms with Crippen LogP contribution in [0.25, 0.3) is 0 Å². The van der Waals surface area contributed by atoms with Crippen molar-refractivity contribution in [3.8, 4) is 5.75 Å². The molecular weight excluding hydrogens is 298 g/mol. The molecule has 2 N–H and O–H groups in total. The minimum absolute atomic E-state index is 0.0133. The van der Waals surface area contributed by atoms with E-state index in [1.54, 1.807) is 6.07 Å². The molecule has 21 heavy (non-hydrogen) atoms. The number of aryl methyl sites for hydroxylation is 1. The van der Waals surface area contributed by atoms with E-state index in [2.05, 4.69) is 9.82 Å². The van der Waals surface area contributed by atoms with Crippen LogP contribution in [0.2, 0.25) is 0 Å². The monoisotopic (exact) mass is 311 g/mol. The maximum absolute atomic E-state index is 12.2. The van der Waals surface area contributed by atoms with Crippen LogP contribution in [0.1, 0.15) is 0 Å². The summed E-state index contributed by atoms with van der Waals surface area (Å²) in [6, 6.07) is 7.38. The van der Waals surface area contributed by atoms with Crippen molar-refractivity contribution in [1.82, 2.24) is 9.78 Å². The second-order valence-corrected chi connectivity index (χ2v) is 5.74. The Balaban J connectivity index is 2.18. The number of anilines is 1. The van der Waals surface area contributed by atoms with E-state index in [0.717, 1.165) is 0 Å². The van der Waals surface area contributed by atoms with E-state index in [1.807, 2.05) is 0 Å². The van der Waals surface area contributed by atoms with E-state index in [9.17, 15) is 13.2 Å². The van der Waals surface area contributed by atoms with Gasteiger partial charge in [0.1, 0.15) is 5.75 Å². The number of carbonyl (C=O) groups is 1. The van der Waals surface area contributed by atoms with Crippen LogP contribution in [-0.2, 0) is 21.9 Å². The van der Waals surface area contributed by atoms with Gasteiger partial charge < -0.3 is 9.84 Å². The van der Waals surface area contributed by atoms with Crippen molar-refractivity contribution in [3.63, 3.8) is 0 Å². The molecule has 0 saturated heterocycles. The summed E-state index contributed by atoms with van der Waals surface area (Å²) in [5.74, 6) is -0.863. The fourth-order valence-corrected chi connectivity index (χ4v) is 2.80. The number of hydrogen-bond acceptors (Lipinski definition) is 5. The third kappa shape index (κ3) is 3.72. The normalized spacial score (nSPS) is 11.1. The molecular formula is C12H13N3O5S. The van der Waals surface area contributed by atoms with Crippen LogP contribution < -0.4 is 9.46 Å². The lowest BCUT2D eigenvalue weighted by atomic mass is 10.3. The van der Waals surface area contributed by atoms with Gasteiger partial charge in [-0.1, -0.05) is 6.07 Å². The molecule has 0 aliphatic rings. The zero-order valence-electron chi connectivity index (χ0n) is 11.1. The molecule has 0 spiro atoms. The number of benzene rings is 1. The van der Waals surface area contributed by atoms with Gasteiger partial charge in [0.25, 0.3) is 10.0 Å². The highest BCUT2D eigenvalue weighted by Gasteiger charge is 2.18. The fourth-order valence-electron chi connectivity index (χ4n) is 1.63. The molecule has 0 aliphatic carbocycles. The first-order chi connectivity index (χ1) is 9.88. The quantitative estimate of drug-likeness (QED) is 0.812. The Morgan fingerprint density at radius 1 is 1.43 bits per heavy atom. The van der Waals surface area contributed by atoms with E-state index in [0.29, 0.717) is 0 Å². The number of ether oxygens (including phenoxy) is 1. The summed E-state index contributed by atoms with van der Waals surface area (Å²) in [4.78, 5) is 10.4. The van der Waals surface area contributed by atoms with Crippen molar-refractivity contribution in [1.29, 1.82) is 0 Å². The van der Waals surface area contributed by atoms with Gasteiger partial charge in [0, 0.05) is 13.1 Å². The van der Waals surface area contributed by atoms with Crippen LogP contribution in [0.4, 0.5) is 5.69 Å². The van der Waals surface area contributed by atoms with E-state index in [-0.39, 0.29) is 16.5 Å². The second-order valence-electron chi connectivity index (χ2n) is 4.11. The summed E-state index contributed by atoms with van der Waals surface area (Å²) in [5.41, 5.74) is 0.263. The number of aromatic nitrogens is 2. The minimum atomic E-state index is -3.77. The van der Waals surface area contributed by atoms with Gasteiger partial charge in [-0.05, 0) is 18.2 Å². The Morgan fingerprint density at radius 3 is 2.81 bits per heavy atom. The average molecular weight is 311 g/mol. The number of nitrogens with zero attached hydrogens (tertiary/aromatic N) is 2. The van der Waals surface area contributed by atoms with Gasteiger partial charge in [-0.2, -0.15) is 13.5 Å². The molecule has 0 atom stereocenters. The van der Waals surface area contributed by atoms with Crippen molar-refractivity contribution in [2.45, 2.75) is 5.03 Å². The smallest absolute Gasteiger partial charge is 0.341 e. The van der Waals surface area contributed by atoms with Crippen molar-refractivity contribution in [2.75, 3.05) is 11.3 Å². The zero-order chi connectivity index (χ0) is 15.5.